The average Bonchev–Trinajstić information content (AvgIpc) is 3.19. The van der Waals surface area contributed by atoms with Crippen LogP contribution in [0, 0.1) is 0 Å². The third-order valence-electron chi connectivity index (χ3n) is 4.96. The van der Waals surface area contributed by atoms with E-state index in [1.807, 2.05) is 36.5 Å². The second-order valence-corrected chi connectivity index (χ2v) is 6.79. The Morgan fingerprint density at radius 1 is 0.964 bits per heavy atom. The SMILES string of the molecule is Nc1ncc(-c2ccc(N3CCNCC3)nc2)cc1-c1nc2ccccc2o1. The average molecular weight is 372 g/mol. The predicted molar refractivity (Wildman–Crippen MR) is 110 cm³/mol. The van der Waals surface area contributed by atoms with Crippen LogP contribution in [0.15, 0.2) is 59.3 Å². The molecule has 3 N–H and O–H groups in total. The molecule has 0 aliphatic carbocycles. The van der Waals surface area contributed by atoms with Gasteiger partial charge in [-0.1, -0.05) is 12.1 Å². The van der Waals surface area contributed by atoms with Crippen LogP contribution in [-0.2, 0) is 0 Å². The molecule has 0 amide bonds. The van der Waals surface area contributed by atoms with E-state index in [0.29, 0.717) is 17.3 Å². The molecule has 0 saturated carbocycles. The summed E-state index contributed by atoms with van der Waals surface area (Å²) in [5, 5.41) is 3.35. The van der Waals surface area contributed by atoms with Crippen LogP contribution >= 0.6 is 0 Å². The second kappa shape index (κ2) is 6.94. The molecule has 28 heavy (non-hydrogen) atoms. The quantitative estimate of drug-likeness (QED) is 0.571. The topological polar surface area (TPSA) is 93.1 Å². The van der Waals surface area contributed by atoms with Crippen molar-refractivity contribution in [1.29, 1.82) is 0 Å². The van der Waals surface area contributed by atoms with Gasteiger partial charge >= 0.3 is 0 Å². The van der Waals surface area contributed by atoms with Gasteiger partial charge in [-0.2, -0.15) is 0 Å². The zero-order chi connectivity index (χ0) is 18.9. The number of oxazole rings is 1. The summed E-state index contributed by atoms with van der Waals surface area (Å²) in [7, 11) is 0. The number of fused-ring (bicyclic) bond motifs is 1. The van der Waals surface area contributed by atoms with Gasteiger partial charge in [-0.05, 0) is 30.3 Å². The van der Waals surface area contributed by atoms with Crippen molar-refractivity contribution in [3.05, 3.63) is 54.9 Å². The van der Waals surface area contributed by atoms with Crippen molar-refractivity contribution in [3.63, 3.8) is 0 Å². The summed E-state index contributed by atoms with van der Waals surface area (Å²) >= 11 is 0. The highest BCUT2D eigenvalue weighted by molar-refractivity contribution is 5.80. The van der Waals surface area contributed by atoms with Crippen molar-refractivity contribution in [3.8, 4) is 22.6 Å². The summed E-state index contributed by atoms with van der Waals surface area (Å²) in [6, 6.07) is 13.7. The lowest BCUT2D eigenvalue weighted by atomic mass is 10.1. The minimum absolute atomic E-state index is 0.390. The highest BCUT2D eigenvalue weighted by Gasteiger charge is 2.15. The Balaban J connectivity index is 1.48. The Kier molecular flexibility index (Phi) is 4.14. The van der Waals surface area contributed by atoms with Gasteiger partial charge in [0.05, 0.1) is 5.56 Å². The smallest absolute Gasteiger partial charge is 0.231 e. The number of nitrogens with zero attached hydrogens (tertiary/aromatic N) is 4. The normalized spacial score (nSPS) is 14.5. The molecule has 4 heterocycles. The lowest BCUT2D eigenvalue weighted by Crippen LogP contribution is -2.43. The first-order chi connectivity index (χ1) is 13.8. The van der Waals surface area contributed by atoms with E-state index in [1.54, 1.807) is 6.20 Å². The van der Waals surface area contributed by atoms with E-state index in [2.05, 4.69) is 37.3 Å². The molecule has 4 aromatic rings. The number of anilines is 2. The molecule has 1 aromatic carbocycles. The number of nitrogens with one attached hydrogen (secondary N) is 1. The minimum Gasteiger partial charge on any atom is -0.436 e. The van der Waals surface area contributed by atoms with Crippen LogP contribution in [0.4, 0.5) is 11.6 Å². The third-order valence-corrected chi connectivity index (χ3v) is 4.96. The van der Waals surface area contributed by atoms with Gasteiger partial charge in [0, 0.05) is 49.7 Å². The Morgan fingerprint density at radius 3 is 2.57 bits per heavy atom. The Morgan fingerprint density at radius 2 is 1.79 bits per heavy atom. The maximum atomic E-state index is 6.10. The number of nitrogens with two attached hydrogens (primary N) is 1. The van der Waals surface area contributed by atoms with Crippen LogP contribution < -0.4 is 16.0 Å². The lowest BCUT2D eigenvalue weighted by Gasteiger charge is -2.28. The number of rotatable bonds is 3. The fraction of sp³-hybridized carbons (Fsp3) is 0.190. The molecule has 1 aliphatic heterocycles. The van der Waals surface area contributed by atoms with E-state index in [1.165, 1.54) is 0 Å². The Labute approximate surface area is 162 Å². The molecule has 1 aliphatic rings. The molecule has 140 valence electrons. The first-order valence-corrected chi connectivity index (χ1v) is 9.31. The van der Waals surface area contributed by atoms with Crippen LogP contribution in [0.5, 0.6) is 0 Å². The molecule has 0 radical (unpaired) electrons. The van der Waals surface area contributed by atoms with Gasteiger partial charge in [-0.3, -0.25) is 0 Å². The van der Waals surface area contributed by atoms with Gasteiger partial charge in [0.2, 0.25) is 5.89 Å². The highest BCUT2D eigenvalue weighted by atomic mass is 16.3. The summed E-state index contributed by atoms with van der Waals surface area (Å²) in [5.74, 6) is 1.85. The zero-order valence-electron chi connectivity index (χ0n) is 15.3. The number of hydrogen-bond acceptors (Lipinski definition) is 7. The first-order valence-electron chi connectivity index (χ1n) is 9.31. The van der Waals surface area contributed by atoms with Crippen LogP contribution in [0.3, 0.4) is 0 Å². The van der Waals surface area contributed by atoms with Gasteiger partial charge in [0.15, 0.2) is 5.58 Å². The van der Waals surface area contributed by atoms with Gasteiger partial charge < -0.3 is 20.4 Å². The van der Waals surface area contributed by atoms with Crippen molar-refractivity contribution >= 4 is 22.7 Å². The van der Waals surface area contributed by atoms with Gasteiger partial charge in [-0.15, -0.1) is 0 Å². The van der Waals surface area contributed by atoms with Crippen LogP contribution in [-0.4, -0.2) is 41.1 Å². The Hall–Kier alpha value is -3.45. The zero-order valence-corrected chi connectivity index (χ0v) is 15.3. The Bertz CT molecular complexity index is 1080. The maximum absolute atomic E-state index is 6.10. The largest absolute Gasteiger partial charge is 0.436 e. The molecular formula is C21H20N6O. The highest BCUT2D eigenvalue weighted by Crippen LogP contribution is 2.31. The maximum Gasteiger partial charge on any atom is 0.231 e. The van der Waals surface area contributed by atoms with Crippen molar-refractivity contribution in [1.82, 2.24) is 20.3 Å². The van der Waals surface area contributed by atoms with Crippen molar-refractivity contribution in [2.75, 3.05) is 36.8 Å². The molecule has 0 unspecified atom stereocenters. The fourth-order valence-corrected chi connectivity index (χ4v) is 3.43. The molecule has 0 atom stereocenters. The van der Waals surface area contributed by atoms with Crippen molar-refractivity contribution in [2.24, 2.45) is 0 Å². The summed E-state index contributed by atoms with van der Waals surface area (Å²) in [6.45, 7) is 3.91. The first kappa shape index (κ1) is 16.7. The molecule has 0 spiro atoms. The van der Waals surface area contributed by atoms with E-state index < -0.39 is 0 Å². The summed E-state index contributed by atoms with van der Waals surface area (Å²) in [6.07, 6.45) is 3.63. The van der Waals surface area contributed by atoms with E-state index in [4.69, 9.17) is 10.2 Å². The van der Waals surface area contributed by atoms with Crippen molar-refractivity contribution < 1.29 is 4.42 Å². The number of nitrogen functional groups attached to an aromatic ring is 1. The molecule has 1 fully saturated rings. The van der Waals surface area contributed by atoms with E-state index in [-0.39, 0.29) is 0 Å². The number of aromatic nitrogens is 3. The molecule has 3 aromatic heterocycles. The third kappa shape index (κ3) is 3.05. The number of para-hydroxylation sites is 2. The number of piperazine rings is 1. The van der Waals surface area contributed by atoms with Gasteiger partial charge in [0.25, 0.3) is 0 Å². The minimum atomic E-state index is 0.390. The van der Waals surface area contributed by atoms with Gasteiger partial charge in [0.1, 0.15) is 17.2 Å². The van der Waals surface area contributed by atoms with Crippen molar-refractivity contribution in [2.45, 2.75) is 0 Å². The van der Waals surface area contributed by atoms with E-state index in [0.717, 1.165) is 54.2 Å². The molecular weight excluding hydrogens is 352 g/mol. The monoisotopic (exact) mass is 372 g/mol. The molecule has 7 nitrogen and oxygen atoms in total. The van der Waals surface area contributed by atoms with E-state index >= 15 is 0 Å². The molecule has 1 saturated heterocycles. The van der Waals surface area contributed by atoms with Crippen LogP contribution in [0.1, 0.15) is 0 Å². The summed E-state index contributed by atoms with van der Waals surface area (Å²) < 4.78 is 5.86. The lowest BCUT2D eigenvalue weighted by molar-refractivity contribution is 0.585. The molecule has 7 heteroatoms. The molecule has 0 bridgehead atoms. The van der Waals surface area contributed by atoms with Crippen LogP contribution in [0.2, 0.25) is 0 Å². The summed E-state index contributed by atoms with van der Waals surface area (Å²) in [5.41, 5.74) is 10.2. The van der Waals surface area contributed by atoms with Gasteiger partial charge in [-0.25, -0.2) is 15.0 Å². The van der Waals surface area contributed by atoms with E-state index in [9.17, 15) is 0 Å². The number of pyridine rings is 2. The van der Waals surface area contributed by atoms with Crippen LogP contribution in [0.25, 0.3) is 33.7 Å². The molecule has 5 rings (SSSR count). The standard InChI is InChI=1S/C21H20N6O/c22-20-16(21-26-17-3-1-2-4-18(17)28-21)11-15(13-25-20)14-5-6-19(24-12-14)27-9-7-23-8-10-27/h1-6,11-13,23H,7-10H2,(H2,22,25). The second-order valence-electron chi connectivity index (χ2n) is 6.79. The summed E-state index contributed by atoms with van der Waals surface area (Å²) in [4.78, 5) is 15.8. The number of hydrogen-bond donors (Lipinski definition) is 2. The fourth-order valence-electron chi connectivity index (χ4n) is 3.43. The predicted octanol–water partition coefficient (Wildman–Crippen LogP) is 2.94. The number of benzene rings is 1.